The minimum atomic E-state index is -0.989. The molecule has 1 aromatic rings. The van der Waals surface area contributed by atoms with Crippen molar-refractivity contribution in [1.82, 2.24) is 10.2 Å². The summed E-state index contributed by atoms with van der Waals surface area (Å²) in [5, 5.41) is 16.9. The molecule has 0 aliphatic carbocycles. The minimum Gasteiger partial charge on any atom is -0.481 e. The molecule has 1 aromatic heterocycles. The fourth-order valence-corrected chi connectivity index (χ4v) is 0.756. The number of aliphatic carboxylic acids is 1. The number of H-pyrrole nitrogens is 1. The molecular formula is C7H9N3O3. The van der Waals surface area contributed by atoms with Crippen LogP contribution in [0.15, 0.2) is 12.3 Å². The summed E-state index contributed by atoms with van der Waals surface area (Å²) in [5.41, 5.74) is 0. The average molecular weight is 183 g/mol. The van der Waals surface area contributed by atoms with Crippen LogP contribution < -0.4 is 5.32 Å². The molecule has 6 heteroatoms. The van der Waals surface area contributed by atoms with Crippen LogP contribution in [0.2, 0.25) is 0 Å². The van der Waals surface area contributed by atoms with Crippen molar-refractivity contribution in [3.63, 3.8) is 0 Å². The van der Waals surface area contributed by atoms with E-state index in [0.717, 1.165) is 0 Å². The van der Waals surface area contributed by atoms with Crippen molar-refractivity contribution in [3.05, 3.63) is 12.3 Å². The minimum absolute atomic E-state index is 0.0395. The van der Waals surface area contributed by atoms with Crippen molar-refractivity contribution in [2.45, 2.75) is 12.8 Å². The van der Waals surface area contributed by atoms with Gasteiger partial charge in [-0.3, -0.25) is 14.7 Å². The summed E-state index contributed by atoms with van der Waals surface area (Å²) in [7, 11) is 0. The predicted molar refractivity (Wildman–Crippen MR) is 44.1 cm³/mol. The van der Waals surface area contributed by atoms with Gasteiger partial charge in [-0.15, -0.1) is 0 Å². The molecule has 0 unspecified atom stereocenters. The number of amides is 1. The van der Waals surface area contributed by atoms with Gasteiger partial charge in [-0.1, -0.05) is 0 Å². The Labute approximate surface area is 74.0 Å². The monoisotopic (exact) mass is 183 g/mol. The average Bonchev–Trinajstić information content (AvgIpc) is 2.53. The molecular weight excluding hydrogens is 174 g/mol. The molecule has 13 heavy (non-hydrogen) atoms. The summed E-state index contributed by atoms with van der Waals surface area (Å²) in [5.74, 6) is -0.943. The molecule has 0 aliphatic heterocycles. The van der Waals surface area contributed by atoms with Crippen molar-refractivity contribution in [3.8, 4) is 0 Å². The summed E-state index contributed by atoms with van der Waals surface area (Å²) in [6.45, 7) is 0. The second kappa shape index (κ2) is 4.24. The number of carboxylic acids is 1. The van der Waals surface area contributed by atoms with E-state index in [9.17, 15) is 9.59 Å². The van der Waals surface area contributed by atoms with Crippen LogP contribution in [0.5, 0.6) is 0 Å². The lowest BCUT2D eigenvalue weighted by Crippen LogP contribution is -2.13. The van der Waals surface area contributed by atoms with E-state index in [1.807, 2.05) is 0 Å². The number of carbonyl (C=O) groups excluding carboxylic acids is 1. The number of anilines is 1. The van der Waals surface area contributed by atoms with Crippen LogP contribution in [0, 0.1) is 0 Å². The zero-order chi connectivity index (χ0) is 9.68. The molecule has 0 saturated carbocycles. The second-order valence-electron chi connectivity index (χ2n) is 2.40. The van der Waals surface area contributed by atoms with Gasteiger partial charge in [0.2, 0.25) is 5.91 Å². The number of hydrogen-bond acceptors (Lipinski definition) is 3. The van der Waals surface area contributed by atoms with E-state index in [1.54, 1.807) is 12.3 Å². The normalized spacial score (nSPS) is 9.54. The van der Waals surface area contributed by atoms with Gasteiger partial charge in [0.15, 0.2) is 5.82 Å². The lowest BCUT2D eigenvalue weighted by atomic mass is 10.3. The van der Waals surface area contributed by atoms with E-state index in [1.165, 1.54) is 0 Å². The van der Waals surface area contributed by atoms with Gasteiger partial charge < -0.3 is 10.4 Å². The maximum atomic E-state index is 11.0. The van der Waals surface area contributed by atoms with Crippen molar-refractivity contribution in [2.75, 3.05) is 5.32 Å². The fourth-order valence-electron chi connectivity index (χ4n) is 0.756. The standard InChI is InChI=1S/C7H9N3O3/c11-6(1-2-7(12)13)9-5-3-4-8-10-5/h3-4H,1-2H2,(H,12,13)(H2,8,9,10,11). The van der Waals surface area contributed by atoms with Crippen LogP contribution in [0.1, 0.15) is 12.8 Å². The van der Waals surface area contributed by atoms with Crippen molar-refractivity contribution >= 4 is 17.7 Å². The molecule has 0 atom stereocenters. The van der Waals surface area contributed by atoms with Gasteiger partial charge >= 0.3 is 5.97 Å². The Balaban J connectivity index is 2.30. The van der Waals surface area contributed by atoms with Crippen LogP contribution in [0.3, 0.4) is 0 Å². The smallest absolute Gasteiger partial charge is 0.303 e. The maximum Gasteiger partial charge on any atom is 0.303 e. The van der Waals surface area contributed by atoms with E-state index < -0.39 is 5.97 Å². The van der Waals surface area contributed by atoms with E-state index in [2.05, 4.69) is 15.5 Å². The molecule has 0 aliphatic rings. The summed E-state index contributed by atoms with van der Waals surface area (Å²) in [4.78, 5) is 21.1. The summed E-state index contributed by atoms with van der Waals surface area (Å²) in [6.07, 6.45) is 1.35. The number of hydrogen-bond donors (Lipinski definition) is 3. The number of aromatic nitrogens is 2. The highest BCUT2D eigenvalue weighted by Gasteiger charge is 2.05. The van der Waals surface area contributed by atoms with E-state index in [-0.39, 0.29) is 18.7 Å². The van der Waals surface area contributed by atoms with Gasteiger partial charge in [-0.25, -0.2) is 0 Å². The number of carboxylic acid groups (broad SMARTS) is 1. The third kappa shape index (κ3) is 3.37. The topological polar surface area (TPSA) is 95.1 Å². The van der Waals surface area contributed by atoms with Crippen molar-refractivity contribution < 1.29 is 14.7 Å². The molecule has 1 amide bonds. The SMILES string of the molecule is O=C(O)CCC(=O)Nc1cc[nH]n1. The van der Waals surface area contributed by atoms with Gasteiger partial charge in [0.05, 0.1) is 6.42 Å². The number of carbonyl (C=O) groups is 2. The predicted octanol–water partition coefficient (Wildman–Crippen LogP) is 0.213. The zero-order valence-corrected chi connectivity index (χ0v) is 6.78. The van der Waals surface area contributed by atoms with Crippen LogP contribution in [-0.2, 0) is 9.59 Å². The molecule has 1 rings (SSSR count). The summed E-state index contributed by atoms with van der Waals surface area (Å²) in [6, 6.07) is 1.58. The third-order valence-electron chi connectivity index (χ3n) is 1.33. The lowest BCUT2D eigenvalue weighted by molar-refractivity contribution is -0.138. The molecule has 6 nitrogen and oxygen atoms in total. The Morgan fingerprint density at radius 1 is 1.54 bits per heavy atom. The van der Waals surface area contributed by atoms with Gasteiger partial charge in [0, 0.05) is 18.7 Å². The zero-order valence-electron chi connectivity index (χ0n) is 6.78. The number of nitrogens with one attached hydrogen (secondary N) is 2. The van der Waals surface area contributed by atoms with Gasteiger partial charge in [-0.05, 0) is 0 Å². The van der Waals surface area contributed by atoms with Crippen molar-refractivity contribution in [1.29, 1.82) is 0 Å². The lowest BCUT2D eigenvalue weighted by Gasteiger charge is -1.98. The molecule has 0 saturated heterocycles. The maximum absolute atomic E-state index is 11.0. The highest BCUT2D eigenvalue weighted by molar-refractivity contribution is 5.91. The Morgan fingerprint density at radius 2 is 2.31 bits per heavy atom. The van der Waals surface area contributed by atoms with Crippen LogP contribution in [-0.4, -0.2) is 27.2 Å². The van der Waals surface area contributed by atoms with Gasteiger partial charge in [-0.2, -0.15) is 5.10 Å². The van der Waals surface area contributed by atoms with Gasteiger partial charge in [0.25, 0.3) is 0 Å². The molecule has 0 fully saturated rings. The largest absolute Gasteiger partial charge is 0.481 e. The first-order chi connectivity index (χ1) is 6.18. The quantitative estimate of drug-likeness (QED) is 0.621. The van der Waals surface area contributed by atoms with Crippen molar-refractivity contribution in [2.24, 2.45) is 0 Å². The van der Waals surface area contributed by atoms with Crippen LogP contribution in [0.4, 0.5) is 5.82 Å². The first-order valence-electron chi connectivity index (χ1n) is 3.70. The second-order valence-corrected chi connectivity index (χ2v) is 2.40. The number of rotatable bonds is 4. The first-order valence-corrected chi connectivity index (χ1v) is 3.70. The molecule has 3 N–H and O–H groups in total. The highest BCUT2D eigenvalue weighted by Crippen LogP contribution is 2.00. The van der Waals surface area contributed by atoms with Gasteiger partial charge in [0.1, 0.15) is 0 Å². The Kier molecular flexibility index (Phi) is 3.02. The van der Waals surface area contributed by atoms with Crippen LogP contribution in [0.25, 0.3) is 0 Å². The summed E-state index contributed by atoms with van der Waals surface area (Å²) < 4.78 is 0. The fraction of sp³-hybridized carbons (Fsp3) is 0.286. The Bertz CT molecular complexity index is 294. The molecule has 0 aromatic carbocycles. The third-order valence-corrected chi connectivity index (χ3v) is 1.33. The molecule has 1 heterocycles. The van der Waals surface area contributed by atoms with E-state index >= 15 is 0 Å². The Morgan fingerprint density at radius 3 is 2.85 bits per heavy atom. The number of nitrogens with zero attached hydrogens (tertiary/aromatic N) is 1. The first kappa shape index (κ1) is 9.24. The highest BCUT2D eigenvalue weighted by atomic mass is 16.4. The molecule has 0 bridgehead atoms. The Hall–Kier alpha value is -1.85. The molecule has 0 radical (unpaired) electrons. The van der Waals surface area contributed by atoms with E-state index in [4.69, 9.17) is 5.11 Å². The van der Waals surface area contributed by atoms with E-state index in [0.29, 0.717) is 5.82 Å². The molecule has 70 valence electrons. The number of aromatic amines is 1. The van der Waals surface area contributed by atoms with Crippen LogP contribution >= 0.6 is 0 Å². The molecule has 0 spiro atoms. The summed E-state index contributed by atoms with van der Waals surface area (Å²) >= 11 is 0.